The second-order valence-corrected chi connectivity index (χ2v) is 7.74. The molecular formula is C23H21NO5S. The minimum Gasteiger partial charge on any atom is -0.497 e. The van der Waals surface area contributed by atoms with Gasteiger partial charge in [-0.1, -0.05) is 24.3 Å². The van der Waals surface area contributed by atoms with Crippen LogP contribution in [-0.2, 0) is 13.1 Å². The number of carboxylic acids is 2. The van der Waals surface area contributed by atoms with Crippen molar-refractivity contribution in [3.05, 3.63) is 95.1 Å². The zero-order valence-corrected chi connectivity index (χ0v) is 17.1. The van der Waals surface area contributed by atoms with E-state index in [1.54, 1.807) is 49.6 Å². The van der Waals surface area contributed by atoms with Gasteiger partial charge in [-0.3, -0.25) is 0 Å². The molecule has 3 aromatic rings. The van der Waals surface area contributed by atoms with Crippen molar-refractivity contribution in [1.82, 2.24) is 4.31 Å². The van der Waals surface area contributed by atoms with Crippen LogP contribution in [-0.4, -0.2) is 33.6 Å². The first-order valence-corrected chi connectivity index (χ1v) is 9.93. The van der Waals surface area contributed by atoms with E-state index in [1.165, 1.54) is 11.9 Å². The van der Waals surface area contributed by atoms with Crippen LogP contribution in [0, 0.1) is 0 Å². The molecule has 0 aliphatic carbocycles. The third kappa shape index (κ3) is 5.85. The van der Waals surface area contributed by atoms with E-state index in [0.29, 0.717) is 13.1 Å². The summed E-state index contributed by atoms with van der Waals surface area (Å²) in [7, 11) is 1.62. The van der Waals surface area contributed by atoms with Crippen LogP contribution < -0.4 is 4.74 Å². The Morgan fingerprint density at radius 3 is 2.07 bits per heavy atom. The molecule has 30 heavy (non-hydrogen) atoms. The monoisotopic (exact) mass is 423 g/mol. The van der Waals surface area contributed by atoms with Gasteiger partial charge in [0.05, 0.1) is 18.2 Å². The van der Waals surface area contributed by atoms with Crippen molar-refractivity contribution in [3.8, 4) is 5.75 Å². The number of hydrogen-bond donors (Lipinski definition) is 2. The lowest BCUT2D eigenvalue weighted by Crippen LogP contribution is -2.15. The van der Waals surface area contributed by atoms with Gasteiger partial charge in [-0.25, -0.2) is 13.9 Å². The number of methoxy groups -OCH3 is 1. The Balaban J connectivity index is 1.82. The van der Waals surface area contributed by atoms with Gasteiger partial charge < -0.3 is 14.9 Å². The van der Waals surface area contributed by atoms with E-state index >= 15 is 0 Å². The van der Waals surface area contributed by atoms with Crippen molar-refractivity contribution in [3.63, 3.8) is 0 Å². The normalized spacial score (nSPS) is 10.7. The molecule has 0 spiro atoms. The second kappa shape index (κ2) is 9.96. The summed E-state index contributed by atoms with van der Waals surface area (Å²) in [6, 6.07) is 21.3. The minimum absolute atomic E-state index is 0.232. The van der Waals surface area contributed by atoms with E-state index < -0.39 is 11.9 Å². The highest BCUT2D eigenvalue weighted by atomic mass is 32.2. The van der Waals surface area contributed by atoms with Gasteiger partial charge >= 0.3 is 11.9 Å². The fourth-order valence-electron chi connectivity index (χ4n) is 2.87. The quantitative estimate of drug-likeness (QED) is 0.478. The Bertz CT molecular complexity index is 1020. The van der Waals surface area contributed by atoms with Crippen molar-refractivity contribution >= 4 is 23.9 Å². The highest BCUT2D eigenvalue weighted by Crippen LogP contribution is 2.28. The summed E-state index contributed by atoms with van der Waals surface area (Å²) in [6.07, 6.45) is 0. The van der Waals surface area contributed by atoms with Crippen LogP contribution in [0.15, 0.2) is 77.7 Å². The molecule has 0 atom stereocenters. The summed E-state index contributed by atoms with van der Waals surface area (Å²) in [5.74, 6) is -1.15. The summed E-state index contributed by atoms with van der Waals surface area (Å²) in [5.41, 5.74) is 2.42. The maximum Gasteiger partial charge on any atom is 0.335 e. The number of nitrogens with zero attached hydrogens (tertiary/aromatic N) is 1. The van der Waals surface area contributed by atoms with E-state index in [1.807, 2.05) is 30.3 Å². The van der Waals surface area contributed by atoms with E-state index in [9.17, 15) is 14.7 Å². The molecule has 0 aliphatic rings. The summed E-state index contributed by atoms with van der Waals surface area (Å²) < 4.78 is 7.30. The zero-order chi connectivity index (χ0) is 21.5. The van der Waals surface area contributed by atoms with Crippen LogP contribution >= 0.6 is 11.9 Å². The van der Waals surface area contributed by atoms with Gasteiger partial charge in [-0.15, -0.1) is 0 Å². The molecule has 0 bridgehead atoms. The molecular weight excluding hydrogens is 402 g/mol. The Kier molecular flexibility index (Phi) is 7.11. The van der Waals surface area contributed by atoms with Crippen molar-refractivity contribution in [2.75, 3.05) is 7.11 Å². The maximum atomic E-state index is 11.3. The lowest BCUT2D eigenvalue weighted by Gasteiger charge is -2.22. The number of carboxylic acid groups (broad SMARTS) is 2. The molecule has 0 aromatic heterocycles. The third-order valence-corrected chi connectivity index (χ3v) is 5.39. The molecule has 3 rings (SSSR count). The summed E-state index contributed by atoms with van der Waals surface area (Å²) in [6.45, 7) is 1.12. The van der Waals surface area contributed by atoms with Gasteiger partial charge in [0, 0.05) is 18.0 Å². The lowest BCUT2D eigenvalue weighted by molar-refractivity contribution is 0.0686. The zero-order valence-electron chi connectivity index (χ0n) is 16.3. The molecule has 0 fully saturated rings. The van der Waals surface area contributed by atoms with Crippen molar-refractivity contribution in [2.45, 2.75) is 18.0 Å². The number of aromatic carboxylic acids is 2. The third-order valence-electron chi connectivity index (χ3n) is 4.39. The molecule has 0 aliphatic heterocycles. The standard InChI is InChI=1S/C23H21NO5S/c1-29-20-9-5-16(6-10-20)14-24(15-17-3-2-4-19(13-17)23(27)28)30-21-11-7-18(8-12-21)22(25)26/h2-13H,14-15H2,1H3,(H,25,26)(H,27,28). The van der Waals surface area contributed by atoms with E-state index in [0.717, 1.165) is 21.8 Å². The molecule has 0 amide bonds. The highest BCUT2D eigenvalue weighted by molar-refractivity contribution is 7.97. The SMILES string of the molecule is COc1ccc(CN(Cc2cccc(C(=O)O)c2)Sc2ccc(C(=O)O)cc2)cc1. The Labute approximate surface area is 178 Å². The first-order chi connectivity index (χ1) is 14.4. The Morgan fingerprint density at radius 2 is 1.47 bits per heavy atom. The first kappa shape index (κ1) is 21.4. The molecule has 0 saturated carbocycles. The van der Waals surface area contributed by atoms with Crippen LogP contribution in [0.1, 0.15) is 31.8 Å². The molecule has 0 radical (unpaired) electrons. The number of hydrogen-bond acceptors (Lipinski definition) is 5. The van der Waals surface area contributed by atoms with E-state index in [-0.39, 0.29) is 11.1 Å². The highest BCUT2D eigenvalue weighted by Gasteiger charge is 2.12. The summed E-state index contributed by atoms with van der Waals surface area (Å²) >= 11 is 1.48. The minimum atomic E-state index is -0.966. The maximum absolute atomic E-state index is 11.3. The Hall–Kier alpha value is -3.29. The first-order valence-electron chi connectivity index (χ1n) is 9.16. The molecule has 154 valence electrons. The Morgan fingerprint density at radius 1 is 0.833 bits per heavy atom. The van der Waals surface area contributed by atoms with Crippen LogP contribution in [0.3, 0.4) is 0 Å². The van der Waals surface area contributed by atoms with Gasteiger partial charge in [0.1, 0.15) is 5.75 Å². The van der Waals surface area contributed by atoms with Crippen LogP contribution in [0.4, 0.5) is 0 Å². The van der Waals surface area contributed by atoms with Crippen LogP contribution in [0.2, 0.25) is 0 Å². The molecule has 2 N–H and O–H groups in total. The summed E-state index contributed by atoms with van der Waals surface area (Å²) in [4.78, 5) is 23.3. The van der Waals surface area contributed by atoms with E-state index in [4.69, 9.17) is 9.84 Å². The van der Waals surface area contributed by atoms with Crippen molar-refractivity contribution < 1.29 is 24.5 Å². The van der Waals surface area contributed by atoms with E-state index in [2.05, 4.69) is 4.31 Å². The van der Waals surface area contributed by atoms with Crippen LogP contribution in [0.25, 0.3) is 0 Å². The predicted molar refractivity (Wildman–Crippen MR) is 115 cm³/mol. The molecule has 7 heteroatoms. The molecule has 3 aromatic carbocycles. The van der Waals surface area contributed by atoms with Gasteiger partial charge in [-0.05, 0) is 71.6 Å². The number of carbonyl (C=O) groups is 2. The largest absolute Gasteiger partial charge is 0.497 e. The average molecular weight is 423 g/mol. The number of rotatable bonds is 9. The fraction of sp³-hybridized carbons (Fsp3) is 0.130. The summed E-state index contributed by atoms with van der Waals surface area (Å²) in [5, 5.41) is 18.3. The average Bonchev–Trinajstić information content (AvgIpc) is 2.75. The predicted octanol–water partition coefficient (Wildman–Crippen LogP) is 4.80. The van der Waals surface area contributed by atoms with Gasteiger partial charge in [-0.2, -0.15) is 0 Å². The van der Waals surface area contributed by atoms with Crippen LogP contribution in [0.5, 0.6) is 5.75 Å². The molecule has 0 saturated heterocycles. The lowest BCUT2D eigenvalue weighted by atomic mass is 10.1. The molecule has 0 heterocycles. The molecule has 0 unspecified atom stereocenters. The molecule has 6 nitrogen and oxygen atoms in total. The van der Waals surface area contributed by atoms with Crippen molar-refractivity contribution in [1.29, 1.82) is 0 Å². The second-order valence-electron chi connectivity index (χ2n) is 6.57. The van der Waals surface area contributed by atoms with Gasteiger partial charge in [0.25, 0.3) is 0 Å². The van der Waals surface area contributed by atoms with Crippen molar-refractivity contribution in [2.24, 2.45) is 0 Å². The smallest absolute Gasteiger partial charge is 0.335 e. The number of benzene rings is 3. The van der Waals surface area contributed by atoms with Gasteiger partial charge in [0.2, 0.25) is 0 Å². The fourth-order valence-corrected chi connectivity index (χ4v) is 3.85. The van der Waals surface area contributed by atoms with Gasteiger partial charge in [0.15, 0.2) is 0 Å². The topological polar surface area (TPSA) is 87.1 Å². The number of ether oxygens (including phenoxy) is 1.